The van der Waals surface area contributed by atoms with E-state index >= 15 is 0 Å². The van der Waals surface area contributed by atoms with Crippen LogP contribution in [0.2, 0.25) is 0 Å². The zero-order valence-electron chi connectivity index (χ0n) is 8.99. The Kier molecular flexibility index (Phi) is 2.67. The molecule has 0 bridgehead atoms. The van der Waals surface area contributed by atoms with Crippen molar-refractivity contribution in [3.63, 3.8) is 0 Å². The van der Waals surface area contributed by atoms with Gasteiger partial charge in [-0.25, -0.2) is 9.18 Å². The van der Waals surface area contributed by atoms with Gasteiger partial charge < -0.3 is 9.52 Å². The number of fused-ring (bicyclic) bond motifs is 1. The molecule has 0 unspecified atom stereocenters. The van der Waals surface area contributed by atoms with Crippen LogP contribution in [0, 0.1) is 5.82 Å². The number of aryl methyl sites for hydroxylation is 1. The van der Waals surface area contributed by atoms with E-state index in [1.54, 1.807) is 6.07 Å². The maximum atomic E-state index is 13.2. The highest BCUT2D eigenvalue weighted by atomic mass is 19.1. The number of carbonyl (C=O) groups excluding carboxylic acids is 1. The molecular weight excluding hydrogens is 227 g/mol. The number of hydrogen-bond donors (Lipinski definition) is 1. The molecule has 88 valence electrons. The summed E-state index contributed by atoms with van der Waals surface area (Å²) in [6.45, 7) is 1.84. The lowest BCUT2D eigenvalue weighted by Gasteiger charge is -1.98. The third-order valence-corrected chi connectivity index (χ3v) is 2.42. The summed E-state index contributed by atoms with van der Waals surface area (Å²) >= 11 is 0. The van der Waals surface area contributed by atoms with Gasteiger partial charge in [0.15, 0.2) is 0 Å². The van der Waals surface area contributed by atoms with Crippen molar-refractivity contribution < 1.29 is 23.5 Å². The highest BCUT2D eigenvalue weighted by Gasteiger charge is 2.21. The quantitative estimate of drug-likeness (QED) is 0.656. The molecule has 0 atom stereocenters. The van der Waals surface area contributed by atoms with E-state index in [9.17, 15) is 14.0 Å². The van der Waals surface area contributed by atoms with E-state index in [0.29, 0.717) is 17.6 Å². The van der Waals surface area contributed by atoms with Gasteiger partial charge in [0.05, 0.1) is 5.56 Å². The molecule has 5 heteroatoms. The number of aliphatic carboxylic acids is 1. The lowest BCUT2D eigenvalue weighted by molar-refractivity contribution is -0.131. The van der Waals surface area contributed by atoms with E-state index in [-0.39, 0.29) is 11.1 Å². The molecule has 0 spiro atoms. The summed E-state index contributed by atoms with van der Waals surface area (Å²) in [5.41, 5.74) is -0.136. The van der Waals surface area contributed by atoms with Crippen LogP contribution in [0.1, 0.15) is 23.0 Å². The Morgan fingerprint density at radius 2 is 2.06 bits per heavy atom. The minimum atomic E-state index is -1.63. The first-order valence-corrected chi connectivity index (χ1v) is 5.02. The van der Waals surface area contributed by atoms with Crippen LogP contribution in [-0.4, -0.2) is 16.9 Å². The predicted octanol–water partition coefficient (Wildman–Crippen LogP) is 2.40. The molecule has 0 saturated heterocycles. The Bertz CT molecular complexity index is 612. The van der Waals surface area contributed by atoms with Crippen LogP contribution < -0.4 is 0 Å². The molecule has 0 aliphatic rings. The second-order valence-electron chi connectivity index (χ2n) is 3.57. The lowest BCUT2D eigenvalue weighted by Crippen LogP contribution is -2.13. The third kappa shape index (κ3) is 1.91. The van der Waals surface area contributed by atoms with Gasteiger partial charge in [0, 0.05) is 11.8 Å². The van der Waals surface area contributed by atoms with Crippen molar-refractivity contribution in [3.8, 4) is 0 Å². The molecule has 0 fully saturated rings. The fraction of sp³-hybridized carbons (Fsp3) is 0.167. The molecule has 0 aliphatic carbocycles. The maximum Gasteiger partial charge on any atom is 0.377 e. The van der Waals surface area contributed by atoms with Gasteiger partial charge in [-0.05, 0) is 18.2 Å². The maximum absolute atomic E-state index is 13.2. The van der Waals surface area contributed by atoms with Crippen LogP contribution in [0.3, 0.4) is 0 Å². The Morgan fingerprint density at radius 1 is 1.35 bits per heavy atom. The molecule has 1 N–H and O–H groups in total. The number of carbonyl (C=O) groups is 2. The van der Waals surface area contributed by atoms with Crippen LogP contribution in [0.15, 0.2) is 22.6 Å². The lowest BCUT2D eigenvalue weighted by atomic mass is 10.1. The molecule has 17 heavy (non-hydrogen) atoms. The van der Waals surface area contributed by atoms with E-state index in [1.807, 2.05) is 6.92 Å². The number of Topliss-reactive ketones (excluding diaryl/α,β-unsaturated/α-hetero) is 1. The summed E-state index contributed by atoms with van der Waals surface area (Å²) in [7, 11) is 0. The monoisotopic (exact) mass is 236 g/mol. The Hall–Kier alpha value is -2.17. The molecular formula is C12H9FO4. The van der Waals surface area contributed by atoms with Crippen LogP contribution in [0.25, 0.3) is 11.0 Å². The van der Waals surface area contributed by atoms with E-state index in [4.69, 9.17) is 9.52 Å². The highest BCUT2D eigenvalue weighted by Crippen LogP contribution is 2.25. The van der Waals surface area contributed by atoms with Gasteiger partial charge in [0.1, 0.15) is 17.2 Å². The number of halogens is 1. The highest BCUT2D eigenvalue weighted by molar-refractivity contribution is 6.41. The summed E-state index contributed by atoms with van der Waals surface area (Å²) in [6, 6.07) is 3.68. The molecule has 4 nitrogen and oxygen atoms in total. The molecule has 0 aliphatic heterocycles. The standard InChI is InChI=1S/C12H9FO4/c1-2-8-4-6-3-7(13)5-9(11(6)17-8)10(14)12(15)16/h3-5H,2H2,1H3,(H,15,16). The van der Waals surface area contributed by atoms with Gasteiger partial charge in [-0.3, -0.25) is 4.79 Å². The Labute approximate surface area is 95.6 Å². The molecule has 0 radical (unpaired) electrons. The minimum absolute atomic E-state index is 0.121. The van der Waals surface area contributed by atoms with Gasteiger partial charge in [-0.1, -0.05) is 6.92 Å². The fourth-order valence-corrected chi connectivity index (χ4v) is 1.63. The molecule has 0 amide bonds. The van der Waals surface area contributed by atoms with E-state index in [1.165, 1.54) is 6.07 Å². The second-order valence-corrected chi connectivity index (χ2v) is 3.57. The zero-order chi connectivity index (χ0) is 12.6. The largest absolute Gasteiger partial charge is 0.475 e. The fourth-order valence-electron chi connectivity index (χ4n) is 1.63. The van der Waals surface area contributed by atoms with Crippen molar-refractivity contribution in [2.45, 2.75) is 13.3 Å². The smallest absolute Gasteiger partial charge is 0.377 e. The topological polar surface area (TPSA) is 67.5 Å². The first-order chi connectivity index (χ1) is 8.02. The summed E-state index contributed by atoms with van der Waals surface area (Å²) < 4.78 is 18.6. The van der Waals surface area contributed by atoms with Crippen LogP contribution >= 0.6 is 0 Å². The summed E-state index contributed by atoms with van der Waals surface area (Å²) in [6.07, 6.45) is 0.580. The first kappa shape index (κ1) is 11.3. The molecule has 1 aromatic carbocycles. The van der Waals surface area contributed by atoms with Crippen molar-refractivity contribution in [1.29, 1.82) is 0 Å². The van der Waals surface area contributed by atoms with Gasteiger partial charge in [0.25, 0.3) is 5.78 Å². The summed E-state index contributed by atoms with van der Waals surface area (Å²) in [5, 5.41) is 9.03. The average molecular weight is 236 g/mol. The number of rotatable bonds is 3. The molecule has 0 saturated carbocycles. The normalized spacial score (nSPS) is 10.7. The number of benzene rings is 1. The molecule has 1 aromatic heterocycles. The third-order valence-electron chi connectivity index (χ3n) is 2.42. The zero-order valence-corrected chi connectivity index (χ0v) is 8.99. The van der Waals surface area contributed by atoms with Crippen LogP contribution in [0.4, 0.5) is 4.39 Å². The van der Waals surface area contributed by atoms with Crippen LogP contribution in [-0.2, 0) is 11.2 Å². The van der Waals surface area contributed by atoms with Crippen LogP contribution in [0.5, 0.6) is 0 Å². The van der Waals surface area contributed by atoms with E-state index in [0.717, 1.165) is 6.07 Å². The van der Waals surface area contributed by atoms with Gasteiger partial charge in [-0.15, -0.1) is 0 Å². The summed E-state index contributed by atoms with van der Waals surface area (Å²) in [4.78, 5) is 22.0. The van der Waals surface area contributed by atoms with Crippen molar-refractivity contribution in [1.82, 2.24) is 0 Å². The number of carboxylic acid groups (broad SMARTS) is 1. The Balaban J connectivity index is 2.72. The van der Waals surface area contributed by atoms with Gasteiger partial charge in [-0.2, -0.15) is 0 Å². The summed E-state index contributed by atoms with van der Waals surface area (Å²) in [5.74, 6) is -2.89. The number of ketones is 1. The van der Waals surface area contributed by atoms with Gasteiger partial charge >= 0.3 is 5.97 Å². The van der Waals surface area contributed by atoms with Crippen molar-refractivity contribution >= 4 is 22.7 Å². The van der Waals surface area contributed by atoms with E-state index < -0.39 is 17.6 Å². The molecule has 2 rings (SSSR count). The van der Waals surface area contributed by atoms with Crippen molar-refractivity contribution in [3.05, 3.63) is 35.3 Å². The number of hydrogen-bond acceptors (Lipinski definition) is 3. The minimum Gasteiger partial charge on any atom is -0.475 e. The number of carboxylic acids is 1. The molecule has 2 aromatic rings. The molecule has 1 heterocycles. The predicted molar refractivity (Wildman–Crippen MR) is 57.5 cm³/mol. The van der Waals surface area contributed by atoms with Crippen molar-refractivity contribution in [2.75, 3.05) is 0 Å². The second kappa shape index (κ2) is 4.01. The van der Waals surface area contributed by atoms with Gasteiger partial charge in [0.2, 0.25) is 0 Å². The van der Waals surface area contributed by atoms with Crippen molar-refractivity contribution in [2.24, 2.45) is 0 Å². The SMILES string of the molecule is CCc1cc2cc(F)cc(C(=O)C(=O)O)c2o1. The Morgan fingerprint density at radius 3 is 2.65 bits per heavy atom. The average Bonchev–Trinajstić information content (AvgIpc) is 2.69. The number of furan rings is 1. The van der Waals surface area contributed by atoms with E-state index in [2.05, 4.69) is 0 Å². The first-order valence-electron chi connectivity index (χ1n) is 5.02.